The lowest BCUT2D eigenvalue weighted by Crippen LogP contribution is -2.42. The predicted octanol–water partition coefficient (Wildman–Crippen LogP) is 4.26. The lowest BCUT2D eigenvalue weighted by Gasteiger charge is -2.22. The summed E-state index contributed by atoms with van der Waals surface area (Å²) in [5.41, 5.74) is 0. The summed E-state index contributed by atoms with van der Waals surface area (Å²) in [5.74, 6) is -0.244. The van der Waals surface area contributed by atoms with E-state index < -0.39 is 22.0 Å². The van der Waals surface area contributed by atoms with Crippen LogP contribution in [0.3, 0.4) is 0 Å². The maximum atomic E-state index is 12.5. The number of carbonyl (C=O) groups excluding carboxylic acids is 1. The quantitative estimate of drug-likeness (QED) is 0.336. The van der Waals surface area contributed by atoms with Gasteiger partial charge in [-0.15, -0.1) is 0 Å². The minimum atomic E-state index is -3.35. The molecule has 0 N–H and O–H groups in total. The molecule has 5 nitrogen and oxygen atoms in total. The maximum Gasteiger partial charge on any atom is 0.324 e. The second-order valence-electron chi connectivity index (χ2n) is 7.02. The van der Waals surface area contributed by atoms with Crippen LogP contribution in [0.4, 0.5) is 0 Å². The average molecular weight is 376 g/mol. The van der Waals surface area contributed by atoms with E-state index >= 15 is 0 Å². The van der Waals surface area contributed by atoms with Gasteiger partial charge >= 0.3 is 5.97 Å². The zero-order valence-corrected chi connectivity index (χ0v) is 17.0. The van der Waals surface area contributed by atoms with E-state index in [2.05, 4.69) is 6.92 Å². The third-order valence-electron chi connectivity index (χ3n) is 4.88. The molecule has 0 unspecified atom stereocenters. The molecule has 6 heteroatoms. The minimum absolute atomic E-state index is 0.152. The first-order valence-corrected chi connectivity index (χ1v) is 11.8. The molecule has 0 radical (unpaired) electrons. The van der Waals surface area contributed by atoms with Gasteiger partial charge in [0.05, 0.1) is 12.4 Å². The molecule has 0 aromatic rings. The number of esters is 1. The van der Waals surface area contributed by atoms with Gasteiger partial charge in [0.15, 0.2) is 0 Å². The lowest BCUT2D eigenvalue weighted by atomic mass is 10.1. The molecule has 1 heterocycles. The summed E-state index contributed by atoms with van der Waals surface area (Å²) < 4.78 is 31.4. The molecule has 0 aromatic carbocycles. The Morgan fingerprint density at radius 1 is 0.960 bits per heavy atom. The summed E-state index contributed by atoms with van der Waals surface area (Å²) in [5, 5.41) is 0. The first-order chi connectivity index (χ1) is 12.0. The molecular weight excluding hydrogens is 338 g/mol. The molecule has 1 saturated heterocycles. The SMILES string of the molecule is CCCCCCCCCCCCS(=O)(=O)N1CCC[C@H]1C(=O)OCC. The Bertz CT molecular complexity index is 464. The fourth-order valence-electron chi connectivity index (χ4n) is 3.44. The highest BCUT2D eigenvalue weighted by Gasteiger charge is 2.38. The van der Waals surface area contributed by atoms with Crippen molar-refractivity contribution in [2.75, 3.05) is 18.9 Å². The molecule has 0 bridgehead atoms. The Hall–Kier alpha value is -0.620. The van der Waals surface area contributed by atoms with E-state index in [9.17, 15) is 13.2 Å². The standard InChI is InChI=1S/C19H37NO4S/c1-3-5-6-7-8-9-10-11-12-13-17-25(22,23)20-16-14-15-18(20)19(21)24-4-2/h18H,3-17H2,1-2H3/t18-/m0/s1. The number of nitrogens with zero attached hydrogens (tertiary/aromatic N) is 1. The molecule has 25 heavy (non-hydrogen) atoms. The number of unbranched alkanes of at least 4 members (excludes halogenated alkanes) is 9. The van der Waals surface area contributed by atoms with Gasteiger partial charge in [0, 0.05) is 6.54 Å². The first-order valence-electron chi connectivity index (χ1n) is 10.2. The molecule has 1 aliphatic heterocycles. The fraction of sp³-hybridized carbons (Fsp3) is 0.947. The third-order valence-corrected chi connectivity index (χ3v) is 6.83. The van der Waals surface area contributed by atoms with E-state index in [0.717, 1.165) is 19.3 Å². The van der Waals surface area contributed by atoms with Crippen LogP contribution in [0.15, 0.2) is 0 Å². The van der Waals surface area contributed by atoms with Gasteiger partial charge in [-0.1, -0.05) is 64.7 Å². The summed E-state index contributed by atoms with van der Waals surface area (Å²) in [4.78, 5) is 11.9. The molecule has 148 valence electrons. The normalized spacial score (nSPS) is 18.6. The van der Waals surface area contributed by atoms with Crippen LogP contribution in [0, 0.1) is 0 Å². The molecule has 0 amide bonds. The number of sulfonamides is 1. The van der Waals surface area contributed by atoms with E-state index in [-0.39, 0.29) is 5.75 Å². The summed E-state index contributed by atoms with van der Waals surface area (Å²) in [7, 11) is -3.35. The first kappa shape index (κ1) is 22.4. The van der Waals surface area contributed by atoms with Gasteiger partial charge in [-0.3, -0.25) is 4.79 Å². The second kappa shape index (κ2) is 12.7. The van der Waals surface area contributed by atoms with Gasteiger partial charge in [-0.25, -0.2) is 8.42 Å². The van der Waals surface area contributed by atoms with E-state index in [1.807, 2.05) is 0 Å². The lowest BCUT2D eigenvalue weighted by molar-refractivity contribution is -0.146. The van der Waals surface area contributed by atoms with Gasteiger partial charge in [0.1, 0.15) is 6.04 Å². The molecule has 1 atom stereocenters. The van der Waals surface area contributed by atoms with Gasteiger partial charge < -0.3 is 4.74 Å². The summed E-state index contributed by atoms with van der Waals surface area (Å²) in [6.07, 6.45) is 13.1. The smallest absolute Gasteiger partial charge is 0.324 e. The highest BCUT2D eigenvalue weighted by molar-refractivity contribution is 7.89. The Morgan fingerprint density at radius 2 is 1.52 bits per heavy atom. The van der Waals surface area contributed by atoms with E-state index in [1.54, 1.807) is 6.92 Å². The molecule has 0 spiro atoms. The molecule has 0 saturated carbocycles. The zero-order chi connectivity index (χ0) is 18.5. The van der Waals surface area contributed by atoms with Gasteiger partial charge in [-0.05, 0) is 26.2 Å². The Morgan fingerprint density at radius 3 is 2.08 bits per heavy atom. The van der Waals surface area contributed by atoms with Gasteiger partial charge in [0.25, 0.3) is 0 Å². The van der Waals surface area contributed by atoms with Crippen molar-refractivity contribution in [1.29, 1.82) is 0 Å². The van der Waals surface area contributed by atoms with E-state index in [0.29, 0.717) is 26.0 Å². The number of ether oxygens (including phenoxy) is 1. The zero-order valence-electron chi connectivity index (χ0n) is 16.2. The van der Waals surface area contributed by atoms with Crippen LogP contribution in [-0.4, -0.2) is 43.6 Å². The minimum Gasteiger partial charge on any atom is -0.465 e. The Labute approximate surface area is 154 Å². The van der Waals surface area contributed by atoms with Crippen LogP contribution in [0.25, 0.3) is 0 Å². The molecule has 1 fully saturated rings. The predicted molar refractivity (Wildman–Crippen MR) is 102 cm³/mol. The molecule has 1 rings (SSSR count). The third kappa shape index (κ3) is 8.54. The van der Waals surface area contributed by atoms with Crippen molar-refractivity contribution in [3.8, 4) is 0 Å². The van der Waals surface area contributed by atoms with Crippen molar-refractivity contribution in [3.63, 3.8) is 0 Å². The van der Waals surface area contributed by atoms with Gasteiger partial charge in [0.2, 0.25) is 10.0 Å². The van der Waals surface area contributed by atoms with Crippen molar-refractivity contribution >= 4 is 16.0 Å². The van der Waals surface area contributed by atoms with Crippen LogP contribution in [0.2, 0.25) is 0 Å². The molecule has 0 aromatic heterocycles. The largest absolute Gasteiger partial charge is 0.465 e. The Balaban J connectivity index is 2.19. The van der Waals surface area contributed by atoms with Crippen LogP contribution in [0.5, 0.6) is 0 Å². The van der Waals surface area contributed by atoms with Crippen LogP contribution >= 0.6 is 0 Å². The van der Waals surface area contributed by atoms with Crippen molar-refractivity contribution in [2.24, 2.45) is 0 Å². The highest BCUT2D eigenvalue weighted by Crippen LogP contribution is 2.23. The van der Waals surface area contributed by atoms with Crippen molar-refractivity contribution < 1.29 is 17.9 Å². The van der Waals surface area contributed by atoms with E-state index in [4.69, 9.17) is 4.74 Å². The van der Waals surface area contributed by atoms with Crippen molar-refractivity contribution in [1.82, 2.24) is 4.31 Å². The number of carbonyl (C=O) groups is 1. The van der Waals surface area contributed by atoms with E-state index in [1.165, 1.54) is 49.3 Å². The number of hydrogen-bond donors (Lipinski definition) is 0. The highest BCUT2D eigenvalue weighted by atomic mass is 32.2. The monoisotopic (exact) mass is 375 g/mol. The van der Waals surface area contributed by atoms with Gasteiger partial charge in [-0.2, -0.15) is 4.31 Å². The Kier molecular flexibility index (Phi) is 11.4. The molecule has 0 aliphatic carbocycles. The summed E-state index contributed by atoms with van der Waals surface area (Å²) >= 11 is 0. The fourth-order valence-corrected chi connectivity index (χ4v) is 5.23. The summed E-state index contributed by atoms with van der Waals surface area (Å²) in [6.45, 7) is 4.71. The maximum absolute atomic E-state index is 12.5. The van der Waals surface area contributed by atoms with Crippen LogP contribution in [-0.2, 0) is 19.6 Å². The van der Waals surface area contributed by atoms with Crippen molar-refractivity contribution in [2.45, 2.75) is 96.9 Å². The molecule has 1 aliphatic rings. The summed E-state index contributed by atoms with van der Waals surface area (Å²) in [6, 6.07) is -0.604. The number of rotatable bonds is 14. The number of hydrogen-bond acceptors (Lipinski definition) is 4. The molecular formula is C19H37NO4S. The van der Waals surface area contributed by atoms with Crippen LogP contribution < -0.4 is 0 Å². The average Bonchev–Trinajstić information content (AvgIpc) is 3.07. The topological polar surface area (TPSA) is 63.7 Å². The van der Waals surface area contributed by atoms with Crippen molar-refractivity contribution in [3.05, 3.63) is 0 Å². The second-order valence-corrected chi connectivity index (χ2v) is 9.06. The van der Waals surface area contributed by atoms with Crippen LogP contribution in [0.1, 0.15) is 90.9 Å².